The van der Waals surface area contributed by atoms with Gasteiger partial charge in [-0.2, -0.15) is 0 Å². The lowest BCUT2D eigenvalue weighted by Gasteiger charge is -2.27. The zero-order valence-corrected chi connectivity index (χ0v) is 11.4. The molecule has 0 atom stereocenters. The van der Waals surface area contributed by atoms with Crippen molar-refractivity contribution in [2.45, 2.75) is 27.3 Å². The Hall–Kier alpha value is -0.905. The van der Waals surface area contributed by atoms with E-state index < -0.39 is 12.9 Å². The van der Waals surface area contributed by atoms with Crippen LogP contribution in [-0.2, 0) is 6.54 Å². The van der Waals surface area contributed by atoms with Crippen LogP contribution in [0.2, 0.25) is 0 Å². The minimum atomic E-state index is -1.64. The van der Waals surface area contributed by atoms with E-state index in [9.17, 15) is 14.4 Å². The molecule has 1 aromatic rings. The highest BCUT2D eigenvalue weighted by atomic mass is 19.1. The van der Waals surface area contributed by atoms with Crippen LogP contribution in [0.3, 0.4) is 0 Å². The summed E-state index contributed by atoms with van der Waals surface area (Å²) in [4.78, 5) is 2.08. The largest absolute Gasteiger partial charge is 0.488 e. The first kappa shape index (κ1) is 15.2. The molecule has 0 unspecified atom stereocenters. The summed E-state index contributed by atoms with van der Waals surface area (Å²) in [7, 11) is 0.320. The summed E-state index contributed by atoms with van der Waals surface area (Å²) in [6.07, 6.45) is 0. The summed E-state index contributed by atoms with van der Waals surface area (Å²) < 4.78 is 13.1. The Labute approximate surface area is 108 Å². The lowest BCUT2D eigenvalue weighted by Crippen LogP contribution is -2.37. The highest BCUT2D eigenvalue weighted by Crippen LogP contribution is 2.15. The van der Waals surface area contributed by atoms with E-state index in [1.807, 2.05) is 7.05 Å². The number of halogens is 1. The van der Waals surface area contributed by atoms with Gasteiger partial charge >= 0.3 is 7.12 Å². The van der Waals surface area contributed by atoms with Gasteiger partial charge in [-0.05, 0) is 35.6 Å². The molecule has 0 aromatic heterocycles. The maximum atomic E-state index is 13.1. The number of nitrogens with zero attached hydrogens (tertiary/aromatic N) is 1. The lowest BCUT2D eigenvalue weighted by atomic mass is 9.76. The van der Waals surface area contributed by atoms with E-state index in [0.29, 0.717) is 6.54 Å². The van der Waals surface area contributed by atoms with Crippen LogP contribution in [0.4, 0.5) is 4.39 Å². The van der Waals surface area contributed by atoms with Gasteiger partial charge in [-0.1, -0.05) is 26.8 Å². The second kappa shape index (κ2) is 5.82. The van der Waals surface area contributed by atoms with Gasteiger partial charge in [0.15, 0.2) is 0 Å². The van der Waals surface area contributed by atoms with Crippen LogP contribution in [0.1, 0.15) is 26.3 Å². The molecule has 0 spiro atoms. The van der Waals surface area contributed by atoms with Crippen LogP contribution >= 0.6 is 0 Å². The summed E-state index contributed by atoms with van der Waals surface area (Å²) in [6, 6.07) is 4.11. The Bertz CT molecular complexity index is 404. The first-order valence-corrected chi connectivity index (χ1v) is 6.02. The van der Waals surface area contributed by atoms with Crippen molar-refractivity contribution in [1.29, 1.82) is 0 Å². The van der Waals surface area contributed by atoms with Crippen molar-refractivity contribution in [3.05, 3.63) is 29.6 Å². The van der Waals surface area contributed by atoms with E-state index in [1.165, 1.54) is 12.1 Å². The van der Waals surface area contributed by atoms with Crippen LogP contribution in [-0.4, -0.2) is 35.7 Å². The second-order valence-electron chi connectivity index (χ2n) is 5.95. The molecule has 5 heteroatoms. The van der Waals surface area contributed by atoms with Crippen molar-refractivity contribution in [2.75, 3.05) is 13.6 Å². The average Bonchev–Trinajstić information content (AvgIpc) is 2.17. The fraction of sp³-hybridized carbons (Fsp3) is 0.538. The molecule has 0 aliphatic rings. The summed E-state index contributed by atoms with van der Waals surface area (Å²) in [6.45, 7) is 7.83. The Morgan fingerprint density at radius 3 is 2.39 bits per heavy atom. The molecule has 100 valence electrons. The third kappa shape index (κ3) is 4.76. The Morgan fingerprint density at radius 2 is 1.89 bits per heavy atom. The molecule has 18 heavy (non-hydrogen) atoms. The van der Waals surface area contributed by atoms with Crippen LogP contribution in [0.25, 0.3) is 0 Å². The first-order valence-electron chi connectivity index (χ1n) is 6.02. The van der Waals surface area contributed by atoms with E-state index >= 15 is 0 Å². The van der Waals surface area contributed by atoms with E-state index in [0.717, 1.165) is 12.1 Å². The fourth-order valence-corrected chi connectivity index (χ4v) is 2.11. The molecule has 0 amide bonds. The zero-order chi connectivity index (χ0) is 13.9. The van der Waals surface area contributed by atoms with E-state index in [-0.39, 0.29) is 10.9 Å². The van der Waals surface area contributed by atoms with Gasteiger partial charge in [-0.3, -0.25) is 0 Å². The molecule has 0 bridgehead atoms. The van der Waals surface area contributed by atoms with Crippen LogP contribution < -0.4 is 5.46 Å². The Balaban J connectivity index is 2.84. The van der Waals surface area contributed by atoms with Gasteiger partial charge in [-0.15, -0.1) is 0 Å². The molecule has 1 aromatic carbocycles. The van der Waals surface area contributed by atoms with Gasteiger partial charge in [0.2, 0.25) is 0 Å². The van der Waals surface area contributed by atoms with Crippen molar-refractivity contribution < 1.29 is 14.4 Å². The van der Waals surface area contributed by atoms with Crippen molar-refractivity contribution in [3.63, 3.8) is 0 Å². The molecule has 0 heterocycles. The Morgan fingerprint density at radius 1 is 1.28 bits per heavy atom. The molecule has 1 rings (SSSR count). The molecular formula is C13H21BFNO2. The normalized spacial score (nSPS) is 12.0. The topological polar surface area (TPSA) is 43.7 Å². The predicted molar refractivity (Wildman–Crippen MR) is 72.0 cm³/mol. The standard InChI is InChI=1S/C13H21BFNO2/c1-13(2,3)9-16(4)8-10-5-6-11(15)7-12(10)14(17)18/h5-7,17-18H,8-9H2,1-4H3. The van der Waals surface area contributed by atoms with Crippen molar-refractivity contribution in [2.24, 2.45) is 5.41 Å². The lowest BCUT2D eigenvalue weighted by molar-refractivity contribution is 0.221. The van der Waals surface area contributed by atoms with E-state index in [4.69, 9.17) is 0 Å². The SMILES string of the molecule is CN(Cc1ccc(F)cc1B(O)O)CC(C)(C)C. The highest BCUT2D eigenvalue weighted by Gasteiger charge is 2.19. The maximum Gasteiger partial charge on any atom is 0.488 e. The molecule has 0 saturated carbocycles. The maximum absolute atomic E-state index is 13.1. The smallest absolute Gasteiger partial charge is 0.423 e. The molecule has 0 radical (unpaired) electrons. The van der Waals surface area contributed by atoms with Crippen molar-refractivity contribution >= 4 is 12.6 Å². The Kier molecular flexibility index (Phi) is 4.90. The van der Waals surface area contributed by atoms with Gasteiger partial charge < -0.3 is 14.9 Å². The van der Waals surface area contributed by atoms with Gasteiger partial charge in [0, 0.05) is 13.1 Å². The predicted octanol–water partition coefficient (Wildman–Crippen LogP) is 0.983. The first-order chi connectivity index (χ1) is 8.19. The van der Waals surface area contributed by atoms with Crippen molar-refractivity contribution in [1.82, 2.24) is 4.90 Å². The van der Waals surface area contributed by atoms with Gasteiger partial charge in [0.05, 0.1) is 0 Å². The van der Waals surface area contributed by atoms with Gasteiger partial charge in [0.25, 0.3) is 0 Å². The molecule has 0 aliphatic carbocycles. The molecule has 0 saturated heterocycles. The number of hydrogen-bond acceptors (Lipinski definition) is 3. The fourth-order valence-electron chi connectivity index (χ4n) is 2.11. The second-order valence-corrected chi connectivity index (χ2v) is 5.95. The quantitative estimate of drug-likeness (QED) is 0.786. The number of benzene rings is 1. The van der Waals surface area contributed by atoms with Crippen LogP contribution in [0.5, 0.6) is 0 Å². The van der Waals surface area contributed by atoms with E-state index in [2.05, 4.69) is 25.7 Å². The summed E-state index contributed by atoms with van der Waals surface area (Å²) in [5, 5.41) is 18.5. The number of hydrogen-bond donors (Lipinski definition) is 2. The summed E-state index contributed by atoms with van der Waals surface area (Å²) in [5.41, 5.74) is 1.13. The van der Waals surface area contributed by atoms with E-state index in [1.54, 1.807) is 6.07 Å². The zero-order valence-electron chi connectivity index (χ0n) is 11.4. The van der Waals surface area contributed by atoms with Crippen LogP contribution in [0.15, 0.2) is 18.2 Å². The third-order valence-electron chi connectivity index (χ3n) is 2.57. The molecule has 3 nitrogen and oxygen atoms in total. The summed E-state index contributed by atoms with van der Waals surface area (Å²) >= 11 is 0. The highest BCUT2D eigenvalue weighted by molar-refractivity contribution is 6.59. The monoisotopic (exact) mass is 253 g/mol. The minimum Gasteiger partial charge on any atom is -0.423 e. The molecule has 0 aliphatic heterocycles. The van der Waals surface area contributed by atoms with Gasteiger partial charge in [-0.25, -0.2) is 4.39 Å². The molecule has 2 N–H and O–H groups in total. The molecular weight excluding hydrogens is 232 g/mol. The van der Waals surface area contributed by atoms with Crippen LogP contribution in [0, 0.1) is 11.2 Å². The third-order valence-corrected chi connectivity index (χ3v) is 2.57. The van der Waals surface area contributed by atoms with Gasteiger partial charge in [0.1, 0.15) is 5.82 Å². The average molecular weight is 253 g/mol. The molecule has 0 fully saturated rings. The summed E-state index contributed by atoms with van der Waals surface area (Å²) in [5.74, 6) is -0.458. The minimum absolute atomic E-state index is 0.159. The number of rotatable bonds is 4. The van der Waals surface area contributed by atoms with Crippen molar-refractivity contribution in [3.8, 4) is 0 Å².